The SMILES string of the molecule is COc1cc(C(=O)/C=C/c2ccc(COc3ccc(Cl)cc3)o2)ccc1OC(F)F. The number of benzene rings is 2. The molecule has 0 aliphatic heterocycles. The Morgan fingerprint density at radius 1 is 1.10 bits per heavy atom. The Kier molecular flexibility index (Phi) is 7.08. The number of carbonyl (C=O) groups is 1. The van der Waals surface area contributed by atoms with Crippen LogP contribution in [-0.4, -0.2) is 19.5 Å². The fourth-order valence-electron chi connectivity index (χ4n) is 2.52. The molecule has 8 heteroatoms. The van der Waals surface area contributed by atoms with Crippen LogP contribution in [0.15, 0.2) is 65.1 Å². The smallest absolute Gasteiger partial charge is 0.387 e. The van der Waals surface area contributed by atoms with Crippen molar-refractivity contribution in [1.82, 2.24) is 0 Å². The van der Waals surface area contributed by atoms with Crippen LogP contribution < -0.4 is 14.2 Å². The van der Waals surface area contributed by atoms with Gasteiger partial charge < -0.3 is 18.6 Å². The normalized spacial score (nSPS) is 11.1. The quantitative estimate of drug-likeness (QED) is 0.304. The van der Waals surface area contributed by atoms with Crippen molar-refractivity contribution in [2.75, 3.05) is 7.11 Å². The van der Waals surface area contributed by atoms with E-state index in [0.29, 0.717) is 22.3 Å². The number of halogens is 3. The molecule has 0 radical (unpaired) electrons. The van der Waals surface area contributed by atoms with Crippen LogP contribution in [0.25, 0.3) is 6.08 Å². The summed E-state index contributed by atoms with van der Waals surface area (Å²) in [6, 6.07) is 14.3. The van der Waals surface area contributed by atoms with Crippen LogP contribution in [0.5, 0.6) is 17.2 Å². The van der Waals surface area contributed by atoms with E-state index in [2.05, 4.69) is 4.74 Å². The number of allylic oxidation sites excluding steroid dienone is 1. The maximum atomic E-state index is 12.4. The molecule has 5 nitrogen and oxygen atoms in total. The molecule has 1 heterocycles. The van der Waals surface area contributed by atoms with Gasteiger partial charge in [-0.1, -0.05) is 11.6 Å². The summed E-state index contributed by atoms with van der Waals surface area (Å²) in [6.45, 7) is -2.77. The van der Waals surface area contributed by atoms with Gasteiger partial charge in [0.05, 0.1) is 7.11 Å². The predicted octanol–water partition coefficient (Wildman–Crippen LogP) is 6.02. The van der Waals surface area contributed by atoms with E-state index in [-0.39, 0.29) is 29.5 Å². The lowest BCUT2D eigenvalue weighted by atomic mass is 10.1. The zero-order chi connectivity index (χ0) is 21.5. The summed E-state index contributed by atoms with van der Waals surface area (Å²) < 4.78 is 45.3. The number of methoxy groups -OCH3 is 1. The standard InChI is InChI=1S/C22H17ClF2O5/c1-27-21-12-14(2-11-20(21)30-22(24)25)19(26)10-9-17-7-8-18(29-17)13-28-16-5-3-15(23)4-6-16/h2-12,22H,13H2,1H3/b10-9+. The first-order valence-corrected chi connectivity index (χ1v) is 9.15. The first kappa shape index (κ1) is 21.4. The molecular formula is C22H17ClF2O5. The van der Waals surface area contributed by atoms with Crippen molar-refractivity contribution >= 4 is 23.5 Å². The molecular weight excluding hydrogens is 418 g/mol. The summed E-state index contributed by atoms with van der Waals surface area (Å²) in [7, 11) is 1.30. The molecule has 0 unspecified atom stereocenters. The number of ether oxygens (including phenoxy) is 3. The van der Waals surface area contributed by atoms with Gasteiger partial charge in [0.15, 0.2) is 17.3 Å². The molecule has 0 bridgehead atoms. The first-order chi connectivity index (χ1) is 14.4. The van der Waals surface area contributed by atoms with E-state index in [1.54, 1.807) is 36.4 Å². The van der Waals surface area contributed by atoms with Crippen LogP contribution >= 0.6 is 11.6 Å². The predicted molar refractivity (Wildman–Crippen MR) is 107 cm³/mol. The number of ketones is 1. The molecule has 0 aliphatic carbocycles. The average molecular weight is 435 g/mol. The van der Waals surface area contributed by atoms with Crippen molar-refractivity contribution < 1.29 is 32.2 Å². The number of rotatable bonds is 9. The Labute approximate surface area is 176 Å². The zero-order valence-electron chi connectivity index (χ0n) is 15.8. The van der Waals surface area contributed by atoms with Crippen molar-refractivity contribution in [2.24, 2.45) is 0 Å². The second-order valence-electron chi connectivity index (χ2n) is 5.99. The third-order valence-electron chi connectivity index (χ3n) is 3.94. The van der Waals surface area contributed by atoms with E-state index >= 15 is 0 Å². The molecule has 0 spiro atoms. The second kappa shape index (κ2) is 9.93. The third-order valence-corrected chi connectivity index (χ3v) is 4.19. The molecule has 0 saturated carbocycles. The van der Waals surface area contributed by atoms with Gasteiger partial charge in [0, 0.05) is 10.6 Å². The van der Waals surface area contributed by atoms with Crippen LogP contribution in [-0.2, 0) is 6.61 Å². The van der Waals surface area contributed by atoms with Gasteiger partial charge in [0.2, 0.25) is 0 Å². The number of carbonyl (C=O) groups excluding carboxylic acids is 1. The highest BCUT2D eigenvalue weighted by molar-refractivity contribution is 6.30. The monoisotopic (exact) mass is 434 g/mol. The van der Waals surface area contributed by atoms with Crippen molar-refractivity contribution in [2.45, 2.75) is 13.2 Å². The summed E-state index contributed by atoms with van der Waals surface area (Å²) in [5.41, 5.74) is 0.252. The van der Waals surface area contributed by atoms with Gasteiger partial charge in [0.1, 0.15) is 23.9 Å². The Balaban J connectivity index is 1.61. The Morgan fingerprint density at radius 2 is 1.87 bits per heavy atom. The highest BCUT2D eigenvalue weighted by atomic mass is 35.5. The zero-order valence-corrected chi connectivity index (χ0v) is 16.6. The van der Waals surface area contributed by atoms with Crippen LogP contribution in [0, 0.1) is 0 Å². The van der Waals surface area contributed by atoms with E-state index in [4.69, 9.17) is 25.5 Å². The molecule has 0 N–H and O–H groups in total. The van der Waals surface area contributed by atoms with Crippen molar-refractivity contribution in [1.29, 1.82) is 0 Å². The molecule has 3 aromatic rings. The number of alkyl halides is 2. The van der Waals surface area contributed by atoms with E-state index in [1.165, 1.54) is 37.5 Å². The van der Waals surface area contributed by atoms with Gasteiger partial charge in [-0.3, -0.25) is 4.79 Å². The van der Waals surface area contributed by atoms with E-state index in [1.807, 2.05) is 0 Å². The minimum Gasteiger partial charge on any atom is -0.493 e. The highest BCUT2D eigenvalue weighted by Gasteiger charge is 2.13. The number of hydrogen-bond acceptors (Lipinski definition) is 5. The van der Waals surface area contributed by atoms with Gasteiger partial charge in [0.25, 0.3) is 0 Å². The molecule has 0 amide bonds. The van der Waals surface area contributed by atoms with Gasteiger partial charge in [-0.05, 0) is 66.7 Å². The minimum atomic E-state index is -2.99. The number of furan rings is 1. The van der Waals surface area contributed by atoms with Crippen LogP contribution in [0.3, 0.4) is 0 Å². The highest BCUT2D eigenvalue weighted by Crippen LogP contribution is 2.29. The van der Waals surface area contributed by atoms with E-state index in [0.717, 1.165) is 0 Å². The lowest BCUT2D eigenvalue weighted by molar-refractivity contribution is -0.0512. The van der Waals surface area contributed by atoms with Gasteiger partial charge >= 0.3 is 6.61 Å². The molecule has 3 rings (SSSR count). The molecule has 30 heavy (non-hydrogen) atoms. The molecule has 0 fully saturated rings. The summed E-state index contributed by atoms with van der Waals surface area (Å²) >= 11 is 5.83. The minimum absolute atomic E-state index is 0.0363. The van der Waals surface area contributed by atoms with Gasteiger partial charge in [-0.2, -0.15) is 8.78 Å². The lowest BCUT2D eigenvalue weighted by Crippen LogP contribution is -2.04. The largest absolute Gasteiger partial charge is 0.493 e. The van der Waals surface area contributed by atoms with Crippen molar-refractivity contribution in [3.8, 4) is 17.2 Å². The Bertz CT molecular complexity index is 1030. The maximum Gasteiger partial charge on any atom is 0.387 e. The van der Waals surface area contributed by atoms with Crippen molar-refractivity contribution in [3.63, 3.8) is 0 Å². The maximum absolute atomic E-state index is 12.4. The van der Waals surface area contributed by atoms with Crippen LogP contribution in [0.4, 0.5) is 8.78 Å². The van der Waals surface area contributed by atoms with E-state index < -0.39 is 6.61 Å². The summed E-state index contributed by atoms with van der Waals surface area (Å²) in [6.07, 6.45) is 2.81. The Hall–Kier alpha value is -3.32. The average Bonchev–Trinajstić information content (AvgIpc) is 3.19. The molecule has 0 saturated heterocycles. The molecule has 2 aromatic carbocycles. The number of hydrogen-bond donors (Lipinski definition) is 0. The van der Waals surface area contributed by atoms with Gasteiger partial charge in [-0.25, -0.2) is 0 Å². The molecule has 1 aromatic heterocycles. The summed E-state index contributed by atoms with van der Waals surface area (Å²) in [4.78, 5) is 12.4. The third kappa shape index (κ3) is 5.84. The van der Waals surface area contributed by atoms with Crippen LogP contribution in [0.1, 0.15) is 21.9 Å². The van der Waals surface area contributed by atoms with Crippen LogP contribution in [0.2, 0.25) is 5.02 Å². The topological polar surface area (TPSA) is 57.9 Å². The summed E-state index contributed by atoms with van der Waals surface area (Å²) in [5, 5.41) is 0.617. The van der Waals surface area contributed by atoms with Gasteiger partial charge in [-0.15, -0.1) is 0 Å². The lowest BCUT2D eigenvalue weighted by Gasteiger charge is -2.10. The second-order valence-corrected chi connectivity index (χ2v) is 6.42. The Morgan fingerprint density at radius 3 is 2.57 bits per heavy atom. The van der Waals surface area contributed by atoms with Crippen molar-refractivity contribution in [3.05, 3.63) is 82.8 Å². The molecule has 0 aliphatic rings. The molecule has 156 valence electrons. The fraction of sp³-hybridized carbons (Fsp3) is 0.136. The molecule has 0 atom stereocenters. The summed E-state index contributed by atoms with van der Waals surface area (Å²) in [5.74, 6) is 1.22. The first-order valence-electron chi connectivity index (χ1n) is 8.77. The fourth-order valence-corrected chi connectivity index (χ4v) is 2.64. The van der Waals surface area contributed by atoms with E-state index in [9.17, 15) is 13.6 Å².